The third-order valence-electron chi connectivity index (χ3n) is 5.17. The summed E-state index contributed by atoms with van der Waals surface area (Å²) in [5, 5.41) is 3.55. The lowest BCUT2D eigenvalue weighted by Gasteiger charge is -2.32. The van der Waals surface area contributed by atoms with Crippen LogP contribution in [0.15, 0.2) is 24.3 Å². The van der Waals surface area contributed by atoms with Crippen molar-refractivity contribution in [3.05, 3.63) is 35.6 Å². The van der Waals surface area contributed by atoms with Crippen molar-refractivity contribution in [3.8, 4) is 0 Å². The van der Waals surface area contributed by atoms with E-state index in [-0.39, 0.29) is 5.82 Å². The quantitative estimate of drug-likeness (QED) is 0.777. The van der Waals surface area contributed by atoms with Gasteiger partial charge in [0, 0.05) is 44.6 Å². The Bertz CT molecular complexity index is 540. The minimum atomic E-state index is -0.172. The Kier molecular flexibility index (Phi) is 5.85. The molecule has 1 aliphatic heterocycles. The summed E-state index contributed by atoms with van der Waals surface area (Å²) < 4.78 is 12.9. The fourth-order valence-electron chi connectivity index (χ4n) is 3.40. The van der Waals surface area contributed by atoms with E-state index in [1.807, 2.05) is 17.0 Å². The third kappa shape index (κ3) is 4.77. The Morgan fingerprint density at radius 2 is 1.88 bits per heavy atom. The Hall–Kier alpha value is -1.46. The molecule has 0 radical (unpaired) electrons. The smallest absolute Gasteiger partial charge is 0.222 e. The van der Waals surface area contributed by atoms with E-state index in [9.17, 15) is 9.18 Å². The van der Waals surface area contributed by atoms with Crippen molar-refractivity contribution in [2.24, 2.45) is 0 Å². The summed E-state index contributed by atoms with van der Waals surface area (Å²) in [6.45, 7) is 4.67. The number of piperazine rings is 1. The fraction of sp³-hybridized carbons (Fsp3) is 0.632. The lowest BCUT2D eigenvalue weighted by atomic mass is 10.1. The Labute approximate surface area is 144 Å². The van der Waals surface area contributed by atoms with Gasteiger partial charge in [0.25, 0.3) is 0 Å². The number of nitrogens with one attached hydrogen (secondary N) is 1. The molecule has 2 fully saturated rings. The average molecular weight is 333 g/mol. The van der Waals surface area contributed by atoms with E-state index in [4.69, 9.17) is 0 Å². The molecule has 0 bridgehead atoms. The molecule has 2 aliphatic rings. The summed E-state index contributed by atoms with van der Waals surface area (Å²) in [6, 6.07) is 7.36. The Morgan fingerprint density at radius 1 is 1.17 bits per heavy atom. The number of carbonyl (C=O) groups is 1. The maximum Gasteiger partial charge on any atom is 0.222 e. The predicted molar refractivity (Wildman–Crippen MR) is 93.5 cm³/mol. The number of halogens is 1. The zero-order chi connectivity index (χ0) is 16.9. The van der Waals surface area contributed by atoms with Crippen molar-refractivity contribution >= 4 is 5.91 Å². The molecule has 24 heavy (non-hydrogen) atoms. The van der Waals surface area contributed by atoms with Crippen molar-refractivity contribution in [2.75, 3.05) is 39.8 Å². The number of likely N-dealkylation sites (N-methyl/N-ethyl adjacent to an activating group) is 1. The number of carbonyl (C=O) groups excluding carboxylic acids is 1. The highest BCUT2D eigenvalue weighted by atomic mass is 19.1. The fourth-order valence-corrected chi connectivity index (χ4v) is 3.40. The second kappa shape index (κ2) is 8.08. The molecule has 1 aliphatic carbocycles. The van der Waals surface area contributed by atoms with E-state index >= 15 is 0 Å². The summed E-state index contributed by atoms with van der Waals surface area (Å²) in [5.41, 5.74) is 1.22. The molecule has 0 spiro atoms. The van der Waals surface area contributed by atoms with Crippen LogP contribution in [0.5, 0.6) is 0 Å². The van der Waals surface area contributed by atoms with E-state index in [0.29, 0.717) is 24.3 Å². The van der Waals surface area contributed by atoms with Crippen LogP contribution in [0.3, 0.4) is 0 Å². The number of rotatable bonds is 7. The van der Waals surface area contributed by atoms with Crippen LogP contribution in [0, 0.1) is 5.82 Å². The maximum atomic E-state index is 12.9. The normalized spacial score (nSPS) is 24.2. The molecular weight excluding hydrogens is 305 g/mol. The van der Waals surface area contributed by atoms with Crippen LogP contribution >= 0.6 is 0 Å². The third-order valence-corrected chi connectivity index (χ3v) is 5.17. The summed E-state index contributed by atoms with van der Waals surface area (Å²) in [5.74, 6) is 0.658. The van der Waals surface area contributed by atoms with E-state index in [2.05, 4.69) is 17.3 Å². The second-order valence-corrected chi connectivity index (χ2v) is 7.10. The number of unbranched alkanes of at least 4 members (excludes halogenated alkanes) is 1. The van der Waals surface area contributed by atoms with Gasteiger partial charge in [-0.3, -0.25) is 4.79 Å². The molecule has 2 atom stereocenters. The van der Waals surface area contributed by atoms with Crippen molar-refractivity contribution in [1.82, 2.24) is 15.1 Å². The van der Waals surface area contributed by atoms with Gasteiger partial charge in [0.1, 0.15) is 5.82 Å². The van der Waals surface area contributed by atoms with Crippen LogP contribution in [0.25, 0.3) is 0 Å². The van der Waals surface area contributed by atoms with E-state index < -0.39 is 0 Å². The first kappa shape index (κ1) is 17.4. The highest BCUT2D eigenvalue weighted by Crippen LogP contribution is 2.40. The molecule has 5 heteroatoms. The van der Waals surface area contributed by atoms with E-state index in [1.165, 1.54) is 17.7 Å². The zero-order valence-electron chi connectivity index (χ0n) is 14.5. The highest BCUT2D eigenvalue weighted by Gasteiger charge is 2.37. The van der Waals surface area contributed by atoms with Crippen LogP contribution in [-0.2, 0) is 4.79 Å². The van der Waals surface area contributed by atoms with Crippen LogP contribution < -0.4 is 5.32 Å². The molecule has 132 valence electrons. The van der Waals surface area contributed by atoms with Crippen LogP contribution in [0.2, 0.25) is 0 Å². The minimum absolute atomic E-state index is 0.172. The SMILES string of the molecule is CN1CCN(C(=O)CCCCNC2CC2c2ccc(F)cc2)CC1. The number of hydrogen-bond donors (Lipinski definition) is 1. The summed E-state index contributed by atoms with van der Waals surface area (Å²) in [4.78, 5) is 16.4. The predicted octanol–water partition coefficient (Wildman–Crippen LogP) is 2.22. The molecule has 1 heterocycles. The number of amides is 1. The van der Waals surface area contributed by atoms with Crippen molar-refractivity contribution in [2.45, 2.75) is 37.6 Å². The van der Waals surface area contributed by atoms with Gasteiger partial charge in [-0.1, -0.05) is 12.1 Å². The molecular formula is C19H28FN3O. The molecule has 1 aromatic rings. The summed E-state index contributed by atoms with van der Waals surface area (Å²) in [6.07, 6.45) is 3.78. The first-order valence-corrected chi connectivity index (χ1v) is 9.08. The lowest BCUT2D eigenvalue weighted by molar-refractivity contribution is -0.132. The number of nitrogens with zero attached hydrogens (tertiary/aromatic N) is 2. The second-order valence-electron chi connectivity index (χ2n) is 7.10. The largest absolute Gasteiger partial charge is 0.340 e. The van der Waals surface area contributed by atoms with E-state index in [0.717, 1.165) is 52.0 Å². The molecule has 1 N–H and O–H groups in total. The first-order chi connectivity index (χ1) is 11.6. The van der Waals surface area contributed by atoms with Gasteiger partial charge in [0.05, 0.1) is 0 Å². The van der Waals surface area contributed by atoms with Gasteiger partial charge in [-0.25, -0.2) is 4.39 Å². The summed E-state index contributed by atoms with van der Waals surface area (Å²) >= 11 is 0. The van der Waals surface area contributed by atoms with Gasteiger partial charge < -0.3 is 15.1 Å². The van der Waals surface area contributed by atoms with E-state index in [1.54, 1.807) is 0 Å². The van der Waals surface area contributed by atoms with Crippen molar-refractivity contribution in [1.29, 1.82) is 0 Å². The number of benzene rings is 1. The monoisotopic (exact) mass is 333 g/mol. The average Bonchev–Trinajstić information content (AvgIpc) is 3.35. The molecule has 2 unspecified atom stereocenters. The zero-order valence-corrected chi connectivity index (χ0v) is 14.5. The maximum absolute atomic E-state index is 12.9. The summed E-state index contributed by atoms with van der Waals surface area (Å²) in [7, 11) is 2.10. The van der Waals surface area contributed by atoms with Crippen LogP contribution in [-0.4, -0.2) is 61.5 Å². The van der Waals surface area contributed by atoms with Gasteiger partial charge in [0.2, 0.25) is 5.91 Å². The highest BCUT2D eigenvalue weighted by molar-refractivity contribution is 5.76. The molecule has 0 aromatic heterocycles. The van der Waals surface area contributed by atoms with Gasteiger partial charge in [0.15, 0.2) is 0 Å². The van der Waals surface area contributed by atoms with Crippen molar-refractivity contribution in [3.63, 3.8) is 0 Å². The Morgan fingerprint density at radius 3 is 2.58 bits per heavy atom. The van der Waals surface area contributed by atoms with Crippen LogP contribution in [0.1, 0.15) is 37.2 Å². The first-order valence-electron chi connectivity index (χ1n) is 9.08. The van der Waals surface area contributed by atoms with Crippen LogP contribution in [0.4, 0.5) is 4.39 Å². The molecule has 1 aromatic carbocycles. The Balaban J connectivity index is 1.26. The number of hydrogen-bond acceptors (Lipinski definition) is 3. The molecule has 1 amide bonds. The molecule has 1 saturated carbocycles. The molecule has 4 nitrogen and oxygen atoms in total. The molecule has 3 rings (SSSR count). The minimum Gasteiger partial charge on any atom is -0.340 e. The lowest BCUT2D eigenvalue weighted by Crippen LogP contribution is -2.47. The standard InChI is InChI=1S/C19H28FN3O/c1-22-10-12-23(13-11-22)19(24)4-2-3-9-21-18-14-17(18)15-5-7-16(20)8-6-15/h5-8,17-18,21H,2-4,9-14H2,1H3. The molecule has 1 saturated heterocycles. The van der Waals surface area contributed by atoms with Gasteiger partial charge >= 0.3 is 0 Å². The van der Waals surface area contributed by atoms with Gasteiger partial charge in [-0.05, 0) is 50.6 Å². The van der Waals surface area contributed by atoms with Gasteiger partial charge in [-0.2, -0.15) is 0 Å². The van der Waals surface area contributed by atoms with Crippen molar-refractivity contribution < 1.29 is 9.18 Å². The van der Waals surface area contributed by atoms with Gasteiger partial charge in [-0.15, -0.1) is 0 Å². The topological polar surface area (TPSA) is 35.6 Å².